The van der Waals surface area contributed by atoms with E-state index in [4.69, 9.17) is 4.74 Å². The predicted molar refractivity (Wildman–Crippen MR) is 101 cm³/mol. The molecule has 1 N–H and O–H groups in total. The van der Waals surface area contributed by atoms with Crippen molar-refractivity contribution in [1.82, 2.24) is 0 Å². The summed E-state index contributed by atoms with van der Waals surface area (Å²) in [7, 11) is 0. The third kappa shape index (κ3) is 1.85. The van der Waals surface area contributed by atoms with Crippen LogP contribution in [0.25, 0.3) is 0 Å². The van der Waals surface area contributed by atoms with Crippen molar-refractivity contribution in [2.45, 2.75) is 70.3 Å². The molecule has 0 amide bonds. The molecule has 3 unspecified atom stereocenters. The first-order valence-electron chi connectivity index (χ1n) is 10.9. The van der Waals surface area contributed by atoms with Gasteiger partial charge in [0.05, 0.1) is 5.71 Å². The molecular weight excluding hydrogens is 338 g/mol. The Bertz CT molecular complexity index is 806. The van der Waals surface area contributed by atoms with Crippen LogP contribution in [0.4, 0.5) is 0 Å². The fourth-order valence-corrected chi connectivity index (χ4v) is 8.34. The lowest BCUT2D eigenvalue weighted by molar-refractivity contribution is -0.168. The van der Waals surface area contributed by atoms with Gasteiger partial charge in [0.2, 0.25) is 0 Å². The highest BCUT2D eigenvalue weighted by Gasteiger charge is 2.77. The summed E-state index contributed by atoms with van der Waals surface area (Å²) in [5.74, 6) is 2.73. The maximum absolute atomic E-state index is 12.1. The SMILES string of the molecule is C[C@]12CCC3C(CCC4=C/C(=N/O)CC[C@@H]43)C1CC1(CC1)[C@@]21C=CC(=O)O1. The van der Waals surface area contributed by atoms with Gasteiger partial charge in [0, 0.05) is 16.9 Å². The Morgan fingerprint density at radius 2 is 2.00 bits per heavy atom. The first-order valence-corrected chi connectivity index (χ1v) is 10.9. The molecule has 0 bridgehead atoms. The van der Waals surface area contributed by atoms with Crippen molar-refractivity contribution in [3.8, 4) is 0 Å². The standard InChI is InChI=1S/C23H29NO3/c1-21-8-6-17-16-5-3-15(24-26)12-14(16)2-4-18(17)19(21)13-22(10-11-22)23(21)9-7-20(25)27-23/h7,9,12,16-19,26H,2-6,8,10-11,13H2,1H3/b24-15+/t16-,17?,18?,19?,21-,23+/m0/s1. The molecule has 0 aromatic carbocycles. The fraction of sp³-hybridized carbons (Fsp3) is 0.739. The predicted octanol–water partition coefficient (Wildman–Crippen LogP) is 4.63. The molecule has 0 saturated heterocycles. The maximum atomic E-state index is 12.1. The molecule has 27 heavy (non-hydrogen) atoms. The van der Waals surface area contributed by atoms with Crippen LogP contribution in [0.2, 0.25) is 0 Å². The average molecular weight is 367 g/mol. The number of rotatable bonds is 0. The van der Waals surface area contributed by atoms with Crippen molar-refractivity contribution >= 4 is 11.7 Å². The molecule has 1 aliphatic heterocycles. The number of carbonyl (C=O) groups is 1. The van der Waals surface area contributed by atoms with Gasteiger partial charge in [-0.1, -0.05) is 17.7 Å². The number of fused-ring (bicyclic) bond motifs is 7. The van der Waals surface area contributed by atoms with Crippen LogP contribution >= 0.6 is 0 Å². The summed E-state index contributed by atoms with van der Waals surface area (Å²) in [6.07, 6.45) is 16.6. The summed E-state index contributed by atoms with van der Waals surface area (Å²) in [6.45, 7) is 2.44. The van der Waals surface area contributed by atoms with Crippen molar-refractivity contribution in [3.63, 3.8) is 0 Å². The topological polar surface area (TPSA) is 58.9 Å². The van der Waals surface area contributed by atoms with Gasteiger partial charge in [-0.3, -0.25) is 0 Å². The van der Waals surface area contributed by atoms with Crippen molar-refractivity contribution < 1.29 is 14.7 Å². The van der Waals surface area contributed by atoms with Gasteiger partial charge in [0.15, 0.2) is 0 Å². The molecular formula is C23H29NO3. The van der Waals surface area contributed by atoms with E-state index in [0.29, 0.717) is 11.8 Å². The van der Waals surface area contributed by atoms with Gasteiger partial charge in [0.25, 0.3) is 0 Å². The minimum Gasteiger partial charge on any atom is -0.450 e. The molecule has 6 atom stereocenters. The van der Waals surface area contributed by atoms with Crippen LogP contribution in [0.5, 0.6) is 0 Å². The molecule has 6 rings (SSSR count). The number of oxime groups is 1. The zero-order valence-electron chi connectivity index (χ0n) is 16.1. The van der Waals surface area contributed by atoms with Crippen LogP contribution in [0.3, 0.4) is 0 Å². The first kappa shape index (κ1) is 16.4. The van der Waals surface area contributed by atoms with Gasteiger partial charge in [-0.25, -0.2) is 4.79 Å². The van der Waals surface area contributed by atoms with Crippen molar-refractivity contribution in [2.24, 2.45) is 39.7 Å². The van der Waals surface area contributed by atoms with E-state index in [2.05, 4.69) is 24.2 Å². The molecule has 2 spiro atoms. The molecule has 4 heteroatoms. The number of hydrogen-bond acceptors (Lipinski definition) is 4. The van der Waals surface area contributed by atoms with E-state index in [1.165, 1.54) is 44.1 Å². The summed E-state index contributed by atoms with van der Waals surface area (Å²) >= 11 is 0. The smallest absolute Gasteiger partial charge is 0.331 e. The average Bonchev–Trinajstić information content (AvgIpc) is 3.30. The minimum atomic E-state index is -0.327. The maximum Gasteiger partial charge on any atom is 0.331 e. The molecule has 0 radical (unpaired) electrons. The Morgan fingerprint density at radius 1 is 1.15 bits per heavy atom. The highest BCUT2D eigenvalue weighted by molar-refractivity contribution is 5.96. The van der Waals surface area contributed by atoms with E-state index >= 15 is 0 Å². The van der Waals surface area contributed by atoms with Crippen LogP contribution in [0.1, 0.15) is 64.7 Å². The molecule has 4 nitrogen and oxygen atoms in total. The highest BCUT2D eigenvalue weighted by Crippen LogP contribution is 2.78. The Kier molecular flexibility index (Phi) is 3.07. The third-order valence-electron chi connectivity index (χ3n) is 9.65. The second kappa shape index (κ2) is 5.07. The summed E-state index contributed by atoms with van der Waals surface area (Å²) in [5.41, 5.74) is 2.39. The van der Waals surface area contributed by atoms with Crippen LogP contribution in [0, 0.1) is 34.5 Å². The van der Waals surface area contributed by atoms with Crippen LogP contribution in [0.15, 0.2) is 29.0 Å². The van der Waals surface area contributed by atoms with Gasteiger partial charge in [-0.15, -0.1) is 0 Å². The lowest BCUT2D eigenvalue weighted by Gasteiger charge is -2.55. The second-order valence-corrected chi connectivity index (χ2v) is 10.4. The van der Waals surface area contributed by atoms with Gasteiger partial charge in [-0.05, 0) is 93.6 Å². The van der Waals surface area contributed by atoms with E-state index in [-0.39, 0.29) is 22.4 Å². The first-order chi connectivity index (χ1) is 13.0. The number of esters is 1. The number of allylic oxidation sites excluding steroid dienone is 2. The quantitative estimate of drug-likeness (QED) is 0.386. The van der Waals surface area contributed by atoms with Gasteiger partial charge in [0.1, 0.15) is 5.60 Å². The Labute approximate surface area is 160 Å². The Morgan fingerprint density at radius 3 is 2.70 bits per heavy atom. The lowest BCUT2D eigenvalue weighted by Crippen LogP contribution is -2.54. The molecule has 6 aliphatic rings. The lowest BCUT2D eigenvalue weighted by atomic mass is 9.50. The van der Waals surface area contributed by atoms with Crippen molar-refractivity contribution in [2.75, 3.05) is 0 Å². The van der Waals surface area contributed by atoms with Crippen molar-refractivity contribution in [1.29, 1.82) is 0 Å². The van der Waals surface area contributed by atoms with Gasteiger partial charge >= 0.3 is 5.97 Å². The summed E-state index contributed by atoms with van der Waals surface area (Å²) in [6, 6.07) is 0. The fourth-order valence-electron chi connectivity index (χ4n) is 8.34. The van der Waals surface area contributed by atoms with Gasteiger partial charge < -0.3 is 9.94 Å². The Balaban J connectivity index is 1.37. The number of hydrogen-bond donors (Lipinski definition) is 1. The number of ether oxygens (including phenoxy) is 1. The summed E-state index contributed by atoms with van der Waals surface area (Å²) in [5, 5.41) is 12.6. The molecule has 4 fully saturated rings. The van der Waals surface area contributed by atoms with E-state index < -0.39 is 0 Å². The van der Waals surface area contributed by atoms with Gasteiger partial charge in [-0.2, -0.15) is 0 Å². The summed E-state index contributed by atoms with van der Waals surface area (Å²) in [4.78, 5) is 12.1. The van der Waals surface area contributed by atoms with E-state index in [9.17, 15) is 10.0 Å². The monoisotopic (exact) mass is 367 g/mol. The molecule has 4 saturated carbocycles. The molecule has 0 aromatic rings. The summed E-state index contributed by atoms with van der Waals surface area (Å²) < 4.78 is 6.17. The third-order valence-corrected chi connectivity index (χ3v) is 9.65. The van der Waals surface area contributed by atoms with Crippen LogP contribution < -0.4 is 0 Å². The molecule has 1 heterocycles. The largest absolute Gasteiger partial charge is 0.450 e. The zero-order chi connectivity index (χ0) is 18.4. The van der Waals surface area contributed by atoms with Crippen LogP contribution in [-0.2, 0) is 9.53 Å². The van der Waals surface area contributed by atoms with Crippen molar-refractivity contribution in [3.05, 3.63) is 23.8 Å². The molecule has 5 aliphatic carbocycles. The molecule has 144 valence electrons. The zero-order valence-corrected chi connectivity index (χ0v) is 16.1. The van der Waals surface area contributed by atoms with E-state index in [1.807, 2.05) is 0 Å². The highest BCUT2D eigenvalue weighted by atomic mass is 16.6. The number of carbonyl (C=O) groups excluding carboxylic acids is 1. The Hall–Kier alpha value is -1.58. The number of nitrogens with zero attached hydrogens (tertiary/aromatic N) is 1. The molecule has 0 aromatic heterocycles. The normalized spacial score (nSPS) is 50.3. The minimum absolute atomic E-state index is 0.0981. The van der Waals surface area contributed by atoms with Crippen LogP contribution in [-0.4, -0.2) is 22.5 Å². The second-order valence-electron chi connectivity index (χ2n) is 10.4. The van der Waals surface area contributed by atoms with E-state index in [0.717, 1.165) is 36.8 Å². The van der Waals surface area contributed by atoms with E-state index in [1.54, 1.807) is 6.08 Å².